The number of fused-ring (bicyclic) bond motifs is 1. The van der Waals surface area contributed by atoms with Crippen LogP contribution in [0.4, 0.5) is 0 Å². The molecule has 1 aromatic heterocycles. The van der Waals surface area contributed by atoms with E-state index < -0.39 is 16.9 Å². The van der Waals surface area contributed by atoms with Crippen LogP contribution < -0.4 is 10.7 Å². The van der Waals surface area contributed by atoms with Gasteiger partial charge in [-0.1, -0.05) is 24.3 Å². The van der Waals surface area contributed by atoms with Crippen LogP contribution in [0.1, 0.15) is 29.9 Å². The predicted molar refractivity (Wildman–Crippen MR) is 102 cm³/mol. The van der Waals surface area contributed by atoms with Crippen LogP contribution in [0.2, 0.25) is 0 Å². The van der Waals surface area contributed by atoms with Crippen LogP contribution in [0, 0.1) is 0 Å². The number of hydrogen-bond donors (Lipinski definition) is 3. The first-order valence-electron chi connectivity index (χ1n) is 8.62. The molecule has 3 rings (SSSR count). The van der Waals surface area contributed by atoms with Gasteiger partial charge in [-0.3, -0.25) is 14.3 Å². The molecule has 1 atom stereocenters. The number of carbonyl (C=O) groups excluding carboxylic acids is 1. The highest BCUT2D eigenvalue weighted by Crippen LogP contribution is 2.23. The number of benzene rings is 2. The van der Waals surface area contributed by atoms with Gasteiger partial charge in [0.25, 0.3) is 5.91 Å². The molecule has 3 aromatic rings. The molecular weight excluding hydrogens is 346 g/mol. The lowest BCUT2D eigenvalue weighted by Crippen LogP contribution is -2.48. The number of aromatic hydroxyl groups is 1. The zero-order valence-electron chi connectivity index (χ0n) is 15.1. The van der Waals surface area contributed by atoms with Gasteiger partial charge < -0.3 is 15.5 Å². The van der Waals surface area contributed by atoms with E-state index in [1.54, 1.807) is 41.9 Å². The maximum atomic E-state index is 12.8. The van der Waals surface area contributed by atoms with Crippen LogP contribution in [0.5, 0.6) is 5.75 Å². The van der Waals surface area contributed by atoms with E-state index in [0.717, 1.165) is 0 Å². The molecule has 0 radical (unpaired) electrons. The number of aryl methyl sites for hydroxylation is 1. The zero-order chi connectivity index (χ0) is 19.6. The molecule has 3 N–H and O–H groups in total. The SMILES string of the molecule is CCn1nc(C(=O)NC(C)(CO)c2ccc(O)cc2)c(=O)c2ccccc21. The van der Waals surface area contributed by atoms with Gasteiger partial charge in [0.05, 0.1) is 17.7 Å². The van der Waals surface area contributed by atoms with Crippen LogP contribution in [0.15, 0.2) is 53.3 Å². The Balaban J connectivity index is 2.04. The minimum atomic E-state index is -1.14. The Morgan fingerprint density at radius 1 is 1.19 bits per heavy atom. The van der Waals surface area contributed by atoms with Gasteiger partial charge in [-0.25, -0.2) is 0 Å². The first-order valence-corrected chi connectivity index (χ1v) is 8.62. The molecular formula is C20H21N3O4. The summed E-state index contributed by atoms with van der Waals surface area (Å²) in [5, 5.41) is 26.6. The standard InChI is InChI=1S/C20H21N3O4/c1-3-23-16-7-5-4-6-15(16)18(26)17(22-23)19(27)21-20(2,12-24)13-8-10-14(25)11-9-13/h4-11,24-25H,3,12H2,1-2H3,(H,21,27). The Labute approximate surface area is 155 Å². The number of phenols is 1. The normalized spacial score (nSPS) is 13.3. The minimum absolute atomic E-state index is 0.0763. The zero-order valence-corrected chi connectivity index (χ0v) is 15.1. The molecule has 0 spiro atoms. The van der Waals surface area contributed by atoms with E-state index in [1.807, 2.05) is 13.0 Å². The van der Waals surface area contributed by atoms with Crippen molar-refractivity contribution >= 4 is 16.8 Å². The number of carbonyl (C=O) groups is 1. The van der Waals surface area contributed by atoms with E-state index in [0.29, 0.717) is 23.0 Å². The molecule has 1 heterocycles. The number of amides is 1. The number of hydrogen-bond acceptors (Lipinski definition) is 5. The van der Waals surface area contributed by atoms with Crippen molar-refractivity contribution in [2.24, 2.45) is 0 Å². The minimum Gasteiger partial charge on any atom is -0.508 e. The molecule has 0 saturated carbocycles. The number of aromatic nitrogens is 2. The van der Waals surface area contributed by atoms with Gasteiger partial charge in [0.15, 0.2) is 5.69 Å². The topological polar surface area (TPSA) is 104 Å². The summed E-state index contributed by atoms with van der Waals surface area (Å²) in [5.41, 5.74) is -0.577. The maximum Gasteiger partial charge on any atom is 0.276 e. The molecule has 2 aromatic carbocycles. The van der Waals surface area contributed by atoms with E-state index in [-0.39, 0.29) is 18.1 Å². The van der Waals surface area contributed by atoms with Crippen molar-refractivity contribution in [2.75, 3.05) is 6.61 Å². The molecule has 0 aliphatic carbocycles. The number of phenolic OH excluding ortho intramolecular Hbond substituents is 1. The number of para-hydroxylation sites is 1. The Hall–Kier alpha value is -3.19. The van der Waals surface area contributed by atoms with Crippen molar-refractivity contribution in [2.45, 2.75) is 25.9 Å². The third-order valence-electron chi connectivity index (χ3n) is 4.59. The first-order chi connectivity index (χ1) is 12.9. The Bertz CT molecular complexity index is 1040. The summed E-state index contributed by atoms with van der Waals surface area (Å²) in [4.78, 5) is 25.6. The van der Waals surface area contributed by atoms with Crippen LogP contribution in [0.3, 0.4) is 0 Å². The summed E-state index contributed by atoms with van der Waals surface area (Å²) in [6.45, 7) is 3.62. The monoisotopic (exact) mass is 367 g/mol. The molecule has 0 saturated heterocycles. The quantitative estimate of drug-likeness (QED) is 0.637. The van der Waals surface area contributed by atoms with Gasteiger partial charge >= 0.3 is 0 Å². The number of rotatable bonds is 5. The molecule has 0 aliphatic rings. The lowest BCUT2D eigenvalue weighted by Gasteiger charge is -2.29. The van der Waals surface area contributed by atoms with Gasteiger partial charge in [0.1, 0.15) is 5.75 Å². The summed E-state index contributed by atoms with van der Waals surface area (Å²) in [6, 6.07) is 13.1. The van der Waals surface area contributed by atoms with Gasteiger partial charge in [0, 0.05) is 11.9 Å². The summed E-state index contributed by atoms with van der Waals surface area (Å²) < 4.78 is 1.60. The highest BCUT2D eigenvalue weighted by molar-refractivity contribution is 5.95. The van der Waals surface area contributed by atoms with E-state index in [2.05, 4.69) is 10.4 Å². The molecule has 0 aliphatic heterocycles. The lowest BCUT2D eigenvalue weighted by atomic mass is 9.92. The predicted octanol–water partition coefficient (Wildman–Crippen LogP) is 1.76. The van der Waals surface area contributed by atoms with Crippen LogP contribution in [-0.4, -0.2) is 32.5 Å². The van der Waals surface area contributed by atoms with Gasteiger partial charge in [0.2, 0.25) is 5.43 Å². The summed E-state index contributed by atoms with van der Waals surface area (Å²) >= 11 is 0. The molecule has 27 heavy (non-hydrogen) atoms. The van der Waals surface area contributed by atoms with Gasteiger partial charge in [-0.2, -0.15) is 5.10 Å². The average Bonchev–Trinajstić information content (AvgIpc) is 2.68. The smallest absolute Gasteiger partial charge is 0.276 e. The first kappa shape index (κ1) is 18.6. The molecule has 0 bridgehead atoms. The average molecular weight is 367 g/mol. The maximum absolute atomic E-state index is 12.8. The van der Waals surface area contributed by atoms with E-state index in [1.165, 1.54) is 12.1 Å². The summed E-state index contributed by atoms with van der Waals surface area (Å²) in [6.07, 6.45) is 0. The highest BCUT2D eigenvalue weighted by atomic mass is 16.3. The van der Waals surface area contributed by atoms with Gasteiger partial charge in [-0.05, 0) is 43.7 Å². The van der Waals surface area contributed by atoms with E-state index in [9.17, 15) is 19.8 Å². The van der Waals surface area contributed by atoms with Crippen LogP contribution >= 0.6 is 0 Å². The van der Waals surface area contributed by atoms with Crippen molar-refractivity contribution in [1.29, 1.82) is 0 Å². The molecule has 7 heteroatoms. The van der Waals surface area contributed by atoms with Gasteiger partial charge in [-0.15, -0.1) is 0 Å². The summed E-state index contributed by atoms with van der Waals surface area (Å²) in [7, 11) is 0. The number of nitrogens with zero attached hydrogens (tertiary/aromatic N) is 2. The largest absolute Gasteiger partial charge is 0.508 e. The second-order valence-electron chi connectivity index (χ2n) is 6.50. The molecule has 1 amide bonds. The van der Waals surface area contributed by atoms with Crippen molar-refractivity contribution in [1.82, 2.24) is 15.1 Å². The highest BCUT2D eigenvalue weighted by Gasteiger charge is 2.30. The molecule has 0 fully saturated rings. The fourth-order valence-corrected chi connectivity index (χ4v) is 2.97. The molecule has 140 valence electrons. The van der Waals surface area contributed by atoms with E-state index >= 15 is 0 Å². The molecule has 7 nitrogen and oxygen atoms in total. The van der Waals surface area contributed by atoms with Crippen molar-refractivity contribution in [3.63, 3.8) is 0 Å². The van der Waals surface area contributed by atoms with E-state index in [4.69, 9.17) is 0 Å². The second kappa shape index (κ2) is 7.20. The van der Waals surface area contributed by atoms with Crippen LogP contribution in [-0.2, 0) is 12.1 Å². The third kappa shape index (κ3) is 3.41. The Morgan fingerprint density at radius 3 is 2.48 bits per heavy atom. The Kier molecular flexibility index (Phi) is 4.96. The lowest BCUT2D eigenvalue weighted by molar-refractivity contribution is 0.0841. The molecule has 1 unspecified atom stereocenters. The Morgan fingerprint density at radius 2 is 1.85 bits per heavy atom. The number of aliphatic hydroxyl groups excluding tert-OH is 1. The fraction of sp³-hybridized carbons (Fsp3) is 0.250. The third-order valence-corrected chi connectivity index (χ3v) is 4.59. The summed E-state index contributed by atoms with van der Waals surface area (Å²) in [5.74, 6) is -0.593. The van der Waals surface area contributed by atoms with Crippen LogP contribution in [0.25, 0.3) is 10.9 Å². The second-order valence-corrected chi connectivity index (χ2v) is 6.50. The van der Waals surface area contributed by atoms with Crippen molar-refractivity contribution in [3.05, 3.63) is 70.0 Å². The van der Waals surface area contributed by atoms with Crippen molar-refractivity contribution < 1.29 is 15.0 Å². The van der Waals surface area contributed by atoms with Crippen molar-refractivity contribution in [3.8, 4) is 5.75 Å². The fourth-order valence-electron chi connectivity index (χ4n) is 2.97. The number of nitrogens with one attached hydrogen (secondary N) is 1. The number of aliphatic hydroxyl groups is 1.